The number of aromatic nitrogens is 2. The summed E-state index contributed by atoms with van der Waals surface area (Å²) in [7, 11) is 0. The minimum Gasteiger partial charge on any atom is -0.481 e. The number of piperidine rings is 1. The molecule has 3 rings (SSSR count). The summed E-state index contributed by atoms with van der Waals surface area (Å²) in [6, 6.07) is 6.07. The first-order valence-electron chi connectivity index (χ1n) is 7.24. The Labute approximate surface area is 127 Å². The van der Waals surface area contributed by atoms with Gasteiger partial charge in [0.05, 0.1) is 16.8 Å². The van der Waals surface area contributed by atoms with Gasteiger partial charge in [0.2, 0.25) is 0 Å². The van der Waals surface area contributed by atoms with Crippen molar-refractivity contribution < 1.29 is 9.90 Å². The molecule has 1 saturated heterocycles. The molecular formula is C15H19N3O2S. The molecule has 112 valence electrons. The Morgan fingerprint density at radius 1 is 1.33 bits per heavy atom. The highest BCUT2D eigenvalue weighted by Gasteiger charge is 2.20. The predicted octanol–water partition coefficient (Wildman–Crippen LogP) is 2.64. The van der Waals surface area contributed by atoms with Crippen molar-refractivity contribution in [1.82, 2.24) is 9.66 Å². The van der Waals surface area contributed by atoms with E-state index >= 15 is 0 Å². The molecule has 1 aliphatic rings. The van der Waals surface area contributed by atoms with Crippen molar-refractivity contribution in [1.29, 1.82) is 0 Å². The van der Waals surface area contributed by atoms with Crippen LogP contribution >= 0.6 is 11.8 Å². The summed E-state index contributed by atoms with van der Waals surface area (Å²) in [6.45, 7) is 4.08. The zero-order valence-electron chi connectivity index (χ0n) is 12.1. The molecule has 0 bridgehead atoms. The van der Waals surface area contributed by atoms with Crippen LogP contribution < -0.4 is 5.01 Å². The fraction of sp³-hybridized carbons (Fsp3) is 0.467. The van der Waals surface area contributed by atoms with Crippen LogP contribution in [-0.2, 0) is 4.79 Å². The van der Waals surface area contributed by atoms with Gasteiger partial charge in [-0.05, 0) is 37.8 Å². The molecule has 0 spiro atoms. The van der Waals surface area contributed by atoms with Crippen molar-refractivity contribution in [3.63, 3.8) is 0 Å². The summed E-state index contributed by atoms with van der Waals surface area (Å²) in [5.41, 5.74) is 3.22. The van der Waals surface area contributed by atoms with Gasteiger partial charge in [0.1, 0.15) is 0 Å². The topological polar surface area (TPSA) is 58.4 Å². The summed E-state index contributed by atoms with van der Waals surface area (Å²) in [6.07, 6.45) is 3.61. The minimum atomic E-state index is -0.811. The number of carboxylic acids is 1. The summed E-state index contributed by atoms with van der Waals surface area (Å²) < 4.78 is 2.14. The first-order chi connectivity index (χ1) is 10.2. The maximum absolute atomic E-state index is 10.9. The third-order valence-electron chi connectivity index (χ3n) is 3.77. The second kappa shape index (κ2) is 5.97. The monoisotopic (exact) mass is 305 g/mol. The largest absolute Gasteiger partial charge is 0.481 e. The SMILES string of the molecule is Cc1cccc2nc(SCC(=O)O)n(N3CCCCC3)c12. The quantitative estimate of drug-likeness (QED) is 0.880. The van der Waals surface area contributed by atoms with Crippen molar-refractivity contribution in [3.05, 3.63) is 23.8 Å². The number of carboxylic acid groups (broad SMARTS) is 1. The Kier molecular flexibility index (Phi) is 4.05. The summed E-state index contributed by atoms with van der Waals surface area (Å²) >= 11 is 1.29. The lowest BCUT2D eigenvalue weighted by atomic mass is 10.1. The zero-order chi connectivity index (χ0) is 14.8. The molecule has 0 atom stereocenters. The van der Waals surface area contributed by atoms with Crippen LogP contribution in [0.15, 0.2) is 23.4 Å². The standard InChI is InChI=1S/C15H19N3O2S/c1-11-6-5-7-12-14(11)18(17-8-3-2-4-9-17)15(16-12)21-10-13(19)20/h5-7H,2-4,8-10H2,1H3,(H,19,20). The average Bonchev–Trinajstić information content (AvgIpc) is 2.86. The Bertz CT molecular complexity index is 662. The molecule has 5 nitrogen and oxygen atoms in total. The van der Waals surface area contributed by atoms with Gasteiger partial charge in [0.15, 0.2) is 5.16 Å². The van der Waals surface area contributed by atoms with E-state index in [1.165, 1.54) is 36.6 Å². The minimum absolute atomic E-state index is 0.0379. The van der Waals surface area contributed by atoms with E-state index in [2.05, 4.69) is 27.7 Å². The van der Waals surface area contributed by atoms with Crippen LogP contribution in [-0.4, -0.2) is 39.6 Å². The van der Waals surface area contributed by atoms with E-state index in [0.29, 0.717) is 0 Å². The first kappa shape index (κ1) is 14.3. The maximum Gasteiger partial charge on any atom is 0.313 e. The van der Waals surface area contributed by atoms with E-state index in [9.17, 15) is 4.79 Å². The van der Waals surface area contributed by atoms with Crippen LogP contribution in [0.5, 0.6) is 0 Å². The molecular weight excluding hydrogens is 286 g/mol. The smallest absolute Gasteiger partial charge is 0.313 e. The Balaban J connectivity index is 2.07. The Hall–Kier alpha value is -1.69. The second-order valence-corrected chi connectivity index (χ2v) is 6.29. The van der Waals surface area contributed by atoms with E-state index in [4.69, 9.17) is 5.11 Å². The number of carbonyl (C=O) groups is 1. The number of rotatable bonds is 4. The number of benzene rings is 1. The van der Waals surface area contributed by atoms with E-state index in [-0.39, 0.29) is 5.75 Å². The van der Waals surface area contributed by atoms with Gasteiger partial charge >= 0.3 is 5.97 Å². The molecule has 1 aromatic carbocycles. The van der Waals surface area contributed by atoms with Crippen molar-refractivity contribution in [2.75, 3.05) is 23.9 Å². The number of para-hydroxylation sites is 1. The van der Waals surface area contributed by atoms with Crippen LogP contribution in [0, 0.1) is 6.92 Å². The van der Waals surface area contributed by atoms with Crippen LogP contribution in [0.4, 0.5) is 0 Å². The normalized spacial score (nSPS) is 15.6. The molecule has 1 fully saturated rings. The third-order valence-corrected chi connectivity index (χ3v) is 4.68. The summed E-state index contributed by atoms with van der Waals surface area (Å²) in [5, 5.41) is 12.0. The third kappa shape index (κ3) is 2.85. The fourth-order valence-corrected chi connectivity index (χ4v) is 3.56. The average molecular weight is 305 g/mol. The number of fused-ring (bicyclic) bond motifs is 1. The lowest BCUT2D eigenvalue weighted by molar-refractivity contribution is -0.133. The lowest BCUT2D eigenvalue weighted by Crippen LogP contribution is -2.39. The first-order valence-corrected chi connectivity index (χ1v) is 8.23. The number of nitrogens with zero attached hydrogens (tertiary/aromatic N) is 3. The van der Waals surface area contributed by atoms with Crippen LogP contribution in [0.2, 0.25) is 0 Å². The number of hydrogen-bond acceptors (Lipinski definition) is 4. The zero-order valence-corrected chi connectivity index (χ0v) is 12.9. The van der Waals surface area contributed by atoms with E-state index in [1.807, 2.05) is 12.1 Å². The molecule has 1 aliphatic heterocycles. The molecule has 0 amide bonds. The van der Waals surface area contributed by atoms with Crippen molar-refractivity contribution in [2.45, 2.75) is 31.3 Å². The van der Waals surface area contributed by atoms with Crippen LogP contribution in [0.3, 0.4) is 0 Å². The molecule has 21 heavy (non-hydrogen) atoms. The van der Waals surface area contributed by atoms with E-state index in [1.54, 1.807) is 0 Å². The van der Waals surface area contributed by atoms with Crippen molar-refractivity contribution >= 4 is 28.8 Å². The summed E-state index contributed by atoms with van der Waals surface area (Å²) in [4.78, 5) is 15.5. The fourth-order valence-electron chi connectivity index (χ4n) is 2.81. The van der Waals surface area contributed by atoms with Crippen molar-refractivity contribution in [3.8, 4) is 0 Å². The highest BCUT2D eigenvalue weighted by atomic mass is 32.2. The van der Waals surface area contributed by atoms with Gasteiger partial charge in [-0.15, -0.1) is 0 Å². The van der Waals surface area contributed by atoms with Crippen LogP contribution in [0.25, 0.3) is 11.0 Å². The molecule has 0 aliphatic carbocycles. The number of imidazole rings is 1. The van der Waals surface area contributed by atoms with Gasteiger partial charge in [-0.1, -0.05) is 23.9 Å². The lowest BCUT2D eigenvalue weighted by Gasteiger charge is -2.31. The van der Waals surface area contributed by atoms with Gasteiger partial charge < -0.3 is 10.1 Å². The van der Waals surface area contributed by atoms with Gasteiger partial charge in [-0.3, -0.25) is 4.79 Å². The molecule has 6 heteroatoms. The van der Waals surface area contributed by atoms with E-state index < -0.39 is 5.97 Å². The highest BCUT2D eigenvalue weighted by molar-refractivity contribution is 7.99. The Morgan fingerprint density at radius 3 is 2.81 bits per heavy atom. The maximum atomic E-state index is 10.9. The number of aliphatic carboxylic acids is 1. The van der Waals surface area contributed by atoms with Crippen molar-refractivity contribution in [2.24, 2.45) is 0 Å². The molecule has 2 heterocycles. The van der Waals surface area contributed by atoms with Gasteiger partial charge in [-0.2, -0.15) is 0 Å². The Morgan fingerprint density at radius 2 is 2.10 bits per heavy atom. The van der Waals surface area contributed by atoms with Crippen LogP contribution in [0.1, 0.15) is 24.8 Å². The number of hydrogen-bond donors (Lipinski definition) is 1. The molecule has 1 aromatic heterocycles. The van der Waals surface area contributed by atoms with Gasteiger partial charge in [0.25, 0.3) is 0 Å². The molecule has 1 N–H and O–H groups in total. The second-order valence-electron chi connectivity index (χ2n) is 5.35. The molecule has 0 radical (unpaired) electrons. The summed E-state index contributed by atoms with van der Waals surface area (Å²) in [5.74, 6) is -0.773. The highest BCUT2D eigenvalue weighted by Crippen LogP contribution is 2.27. The molecule has 0 unspecified atom stereocenters. The van der Waals surface area contributed by atoms with Gasteiger partial charge in [0, 0.05) is 13.1 Å². The molecule has 0 saturated carbocycles. The molecule has 2 aromatic rings. The van der Waals surface area contributed by atoms with Gasteiger partial charge in [-0.25, -0.2) is 9.66 Å². The predicted molar refractivity (Wildman–Crippen MR) is 84.6 cm³/mol. The number of aryl methyl sites for hydroxylation is 1. The number of thioether (sulfide) groups is 1. The van der Waals surface area contributed by atoms with E-state index in [0.717, 1.165) is 29.3 Å².